The first-order valence-corrected chi connectivity index (χ1v) is 10.7. The average molecular weight is 428 g/mol. The van der Waals surface area contributed by atoms with Gasteiger partial charge in [-0.2, -0.15) is 0 Å². The number of nitrogens with zero attached hydrogens (tertiary/aromatic N) is 4. The van der Waals surface area contributed by atoms with Gasteiger partial charge in [-0.05, 0) is 37.5 Å². The molecule has 9 nitrogen and oxygen atoms in total. The van der Waals surface area contributed by atoms with E-state index in [1.807, 2.05) is 25.1 Å². The van der Waals surface area contributed by atoms with Crippen molar-refractivity contribution in [1.82, 2.24) is 25.0 Å². The molecule has 0 unspecified atom stereocenters. The van der Waals surface area contributed by atoms with Crippen molar-refractivity contribution in [2.24, 2.45) is 5.92 Å². The lowest BCUT2D eigenvalue weighted by molar-refractivity contribution is -0.129. The van der Waals surface area contributed by atoms with Gasteiger partial charge in [0.1, 0.15) is 5.82 Å². The number of hydrogen-bond donors (Lipinski definition) is 1. The van der Waals surface area contributed by atoms with Gasteiger partial charge < -0.3 is 24.3 Å². The second-order valence-corrected chi connectivity index (χ2v) is 8.14. The minimum atomic E-state index is -0.346. The van der Waals surface area contributed by atoms with Crippen LogP contribution in [0.15, 0.2) is 18.2 Å². The zero-order valence-corrected chi connectivity index (χ0v) is 18.3. The Morgan fingerprint density at radius 1 is 1.26 bits per heavy atom. The zero-order valence-electron chi connectivity index (χ0n) is 18.3. The summed E-state index contributed by atoms with van der Waals surface area (Å²) in [6, 6.07) is 5.51. The van der Waals surface area contributed by atoms with Crippen LogP contribution in [-0.2, 0) is 29.0 Å². The third-order valence-electron chi connectivity index (χ3n) is 6.09. The summed E-state index contributed by atoms with van der Waals surface area (Å²) in [5, 5.41) is 11.5. The molecule has 166 valence electrons. The van der Waals surface area contributed by atoms with E-state index in [1.165, 1.54) is 0 Å². The van der Waals surface area contributed by atoms with E-state index in [0.29, 0.717) is 31.0 Å². The van der Waals surface area contributed by atoms with Gasteiger partial charge in [0, 0.05) is 32.5 Å². The summed E-state index contributed by atoms with van der Waals surface area (Å²) >= 11 is 0. The number of amides is 2. The summed E-state index contributed by atoms with van der Waals surface area (Å²) < 4.78 is 12.7. The summed E-state index contributed by atoms with van der Waals surface area (Å²) in [5.74, 6) is 2.67. The van der Waals surface area contributed by atoms with Crippen molar-refractivity contribution in [2.45, 2.75) is 45.2 Å². The number of likely N-dealkylation sites (tertiary alicyclic amines) is 1. The van der Waals surface area contributed by atoms with Crippen LogP contribution in [0.3, 0.4) is 0 Å². The second kappa shape index (κ2) is 8.95. The molecule has 1 saturated heterocycles. The number of hydrogen-bond acceptors (Lipinski definition) is 6. The molecular formula is C22H29N5O4. The number of nitrogens with one attached hydrogen (secondary N) is 1. The van der Waals surface area contributed by atoms with Crippen molar-refractivity contribution in [3.05, 3.63) is 35.4 Å². The Morgan fingerprint density at radius 2 is 2.06 bits per heavy atom. The Kier molecular flexibility index (Phi) is 6.11. The smallest absolute Gasteiger partial charge is 0.226 e. The Hall–Kier alpha value is -3.10. The topological polar surface area (TPSA) is 98.6 Å². The van der Waals surface area contributed by atoms with Crippen molar-refractivity contribution in [3.8, 4) is 11.5 Å². The van der Waals surface area contributed by atoms with Crippen LogP contribution in [0, 0.1) is 5.92 Å². The second-order valence-electron chi connectivity index (χ2n) is 8.14. The molecule has 4 rings (SSSR count). The van der Waals surface area contributed by atoms with Crippen molar-refractivity contribution in [1.29, 1.82) is 0 Å². The van der Waals surface area contributed by atoms with E-state index in [2.05, 4.69) is 20.1 Å². The van der Waals surface area contributed by atoms with E-state index in [0.717, 1.165) is 36.6 Å². The predicted octanol–water partition coefficient (Wildman–Crippen LogP) is 1.51. The number of rotatable bonds is 8. The number of aromatic nitrogens is 3. The van der Waals surface area contributed by atoms with Gasteiger partial charge in [-0.25, -0.2) is 0 Å². The van der Waals surface area contributed by atoms with Gasteiger partial charge in [0.05, 0.1) is 26.2 Å². The molecule has 31 heavy (non-hydrogen) atoms. The largest absolute Gasteiger partial charge is 0.493 e. The molecule has 2 aliphatic heterocycles. The van der Waals surface area contributed by atoms with Crippen LogP contribution in [-0.4, -0.2) is 58.8 Å². The molecule has 9 heteroatoms. The minimum absolute atomic E-state index is 0.0108. The molecule has 0 aliphatic carbocycles. The highest BCUT2D eigenvalue weighted by Crippen LogP contribution is 2.28. The van der Waals surface area contributed by atoms with Crippen molar-refractivity contribution >= 4 is 11.8 Å². The lowest BCUT2D eigenvalue weighted by atomic mass is 10.1. The zero-order chi connectivity index (χ0) is 22.0. The van der Waals surface area contributed by atoms with Gasteiger partial charge >= 0.3 is 0 Å². The van der Waals surface area contributed by atoms with Crippen LogP contribution in [0.25, 0.3) is 0 Å². The van der Waals surface area contributed by atoms with Crippen LogP contribution < -0.4 is 14.8 Å². The van der Waals surface area contributed by atoms with Crippen LogP contribution in [0.5, 0.6) is 11.5 Å². The summed E-state index contributed by atoms with van der Waals surface area (Å²) in [7, 11) is 3.20. The summed E-state index contributed by atoms with van der Waals surface area (Å²) in [5.41, 5.74) is 1.05. The first-order valence-electron chi connectivity index (χ1n) is 10.7. The molecule has 2 amide bonds. The molecule has 1 aromatic heterocycles. The van der Waals surface area contributed by atoms with Crippen LogP contribution >= 0.6 is 0 Å². The molecular weight excluding hydrogens is 398 g/mol. The molecule has 2 atom stereocenters. The van der Waals surface area contributed by atoms with Crippen molar-refractivity contribution < 1.29 is 19.1 Å². The molecule has 3 heterocycles. The molecule has 2 aliphatic rings. The Bertz CT molecular complexity index is 973. The van der Waals surface area contributed by atoms with Crippen LogP contribution in [0.1, 0.15) is 43.0 Å². The highest BCUT2D eigenvalue weighted by atomic mass is 16.5. The molecule has 0 spiro atoms. The average Bonchev–Trinajstić information content (AvgIpc) is 3.47. The summed E-state index contributed by atoms with van der Waals surface area (Å²) in [4.78, 5) is 27.0. The molecule has 1 aromatic carbocycles. The van der Waals surface area contributed by atoms with Gasteiger partial charge in [0.2, 0.25) is 11.8 Å². The monoisotopic (exact) mass is 427 g/mol. The molecule has 0 bridgehead atoms. The van der Waals surface area contributed by atoms with Crippen LogP contribution in [0.4, 0.5) is 0 Å². The van der Waals surface area contributed by atoms with Crippen LogP contribution in [0.2, 0.25) is 0 Å². The summed E-state index contributed by atoms with van der Waals surface area (Å²) in [6.07, 6.45) is 2.91. The maximum atomic E-state index is 12.8. The fourth-order valence-corrected chi connectivity index (χ4v) is 4.35. The SMILES string of the molecule is COc1ccc(CCN2C[C@H](C(=O)N[C@@H](C)c3nnc4n3CCC4)CC2=O)cc1OC. The van der Waals surface area contributed by atoms with Gasteiger partial charge in [0.25, 0.3) is 0 Å². The third kappa shape index (κ3) is 4.35. The number of methoxy groups -OCH3 is 2. The van der Waals surface area contributed by atoms with E-state index >= 15 is 0 Å². The molecule has 0 saturated carbocycles. The number of aryl methyl sites for hydroxylation is 1. The first-order chi connectivity index (χ1) is 15.0. The van der Waals surface area contributed by atoms with E-state index in [-0.39, 0.29) is 30.2 Å². The number of benzene rings is 1. The van der Waals surface area contributed by atoms with Gasteiger partial charge in [-0.3, -0.25) is 9.59 Å². The van der Waals surface area contributed by atoms with Gasteiger partial charge in [0.15, 0.2) is 17.3 Å². The Labute approximate surface area is 181 Å². The maximum absolute atomic E-state index is 12.8. The number of ether oxygens (including phenoxy) is 2. The first kappa shape index (κ1) is 21.1. The lowest BCUT2D eigenvalue weighted by Crippen LogP contribution is -2.35. The van der Waals surface area contributed by atoms with Crippen molar-refractivity contribution in [2.75, 3.05) is 27.3 Å². The Balaban J connectivity index is 1.32. The molecule has 0 radical (unpaired) electrons. The lowest BCUT2D eigenvalue weighted by Gasteiger charge is -2.19. The van der Waals surface area contributed by atoms with Gasteiger partial charge in [-0.15, -0.1) is 10.2 Å². The normalized spacial score (nSPS) is 18.7. The highest BCUT2D eigenvalue weighted by Gasteiger charge is 2.35. The predicted molar refractivity (Wildman–Crippen MR) is 113 cm³/mol. The molecule has 1 N–H and O–H groups in total. The fourth-order valence-electron chi connectivity index (χ4n) is 4.35. The van der Waals surface area contributed by atoms with Gasteiger partial charge in [-0.1, -0.05) is 6.07 Å². The Morgan fingerprint density at radius 3 is 2.84 bits per heavy atom. The summed E-state index contributed by atoms with van der Waals surface area (Å²) in [6.45, 7) is 3.80. The van der Waals surface area contributed by atoms with E-state index in [1.54, 1.807) is 19.1 Å². The maximum Gasteiger partial charge on any atom is 0.226 e. The minimum Gasteiger partial charge on any atom is -0.493 e. The number of carbonyl (C=O) groups is 2. The quantitative estimate of drug-likeness (QED) is 0.686. The van der Waals surface area contributed by atoms with Crippen molar-refractivity contribution in [3.63, 3.8) is 0 Å². The molecule has 1 fully saturated rings. The van der Waals surface area contributed by atoms with E-state index < -0.39 is 0 Å². The fraction of sp³-hybridized carbons (Fsp3) is 0.545. The standard InChI is InChI=1S/C22H29N5O4/c1-14(21-25-24-19-5-4-9-27(19)21)23-22(29)16-12-20(28)26(13-16)10-8-15-6-7-17(30-2)18(11-15)31-3/h6-7,11,14,16H,4-5,8-10,12-13H2,1-3H3,(H,23,29)/t14-,16+/m0/s1. The molecule has 2 aromatic rings. The third-order valence-corrected chi connectivity index (χ3v) is 6.09. The van der Waals surface area contributed by atoms with E-state index in [9.17, 15) is 9.59 Å². The number of fused-ring (bicyclic) bond motifs is 1. The highest BCUT2D eigenvalue weighted by molar-refractivity contribution is 5.89. The number of carbonyl (C=O) groups excluding carboxylic acids is 2. The van der Waals surface area contributed by atoms with E-state index in [4.69, 9.17) is 9.47 Å².